The molecule has 0 aliphatic rings. The minimum Gasteiger partial charge on any atom is -0.491 e. The molecule has 0 saturated carbocycles. The lowest BCUT2D eigenvalue weighted by atomic mass is 10.2. The molecular formula is C18H23NO3. The third kappa shape index (κ3) is 6.16. The first-order valence-electron chi connectivity index (χ1n) is 7.50. The molecule has 2 rings (SSSR count). The fourth-order valence-electron chi connectivity index (χ4n) is 1.87. The van der Waals surface area contributed by atoms with E-state index in [0.717, 1.165) is 23.6 Å². The third-order valence-corrected chi connectivity index (χ3v) is 3.06. The number of benzene rings is 2. The topological polar surface area (TPSA) is 39.7 Å². The van der Waals surface area contributed by atoms with Gasteiger partial charge in [0.25, 0.3) is 0 Å². The van der Waals surface area contributed by atoms with Gasteiger partial charge in [0, 0.05) is 6.54 Å². The summed E-state index contributed by atoms with van der Waals surface area (Å²) < 4.78 is 16.7. The molecule has 0 unspecified atom stereocenters. The maximum absolute atomic E-state index is 5.73. The van der Waals surface area contributed by atoms with Crippen LogP contribution in [0.3, 0.4) is 0 Å². The maximum Gasteiger partial charge on any atom is 0.120 e. The number of hydrogen-bond acceptors (Lipinski definition) is 4. The van der Waals surface area contributed by atoms with Crippen LogP contribution in [0.1, 0.15) is 5.56 Å². The fourth-order valence-corrected chi connectivity index (χ4v) is 1.87. The Morgan fingerprint density at radius 3 is 2.14 bits per heavy atom. The molecule has 0 aliphatic carbocycles. The highest BCUT2D eigenvalue weighted by Gasteiger charge is 1.98. The first-order valence-corrected chi connectivity index (χ1v) is 7.50. The van der Waals surface area contributed by atoms with Crippen LogP contribution < -0.4 is 14.8 Å². The molecule has 2 aromatic rings. The van der Waals surface area contributed by atoms with Crippen LogP contribution in [0.5, 0.6) is 11.5 Å². The van der Waals surface area contributed by atoms with E-state index in [1.165, 1.54) is 0 Å². The van der Waals surface area contributed by atoms with Gasteiger partial charge in [-0.05, 0) is 36.9 Å². The van der Waals surface area contributed by atoms with Crippen molar-refractivity contribution in [3.05, 3.63) is 60.2 Å². The first-order chi connectivity index (χ1) is 10.9. The highest BCUT2D eigenvalue weighted by Crippen LogP contribution is 2.18. The van der Waals surface area contributed by atoms with Gasteiger partial charge in [0.15, 0.2) is 0 Å². The summed E-state index contributed by atoms with van der Waals surface area (Å²) in [5.74, 6) is 1.66. The van der Waals surface area contributed by atoms with Gasteiger partial charge in [-0.3, -0.25) is 0 Å². The number of hydrogen-bond donors (Lipinski definition) is 1. The average molecular weight is 301 g/mol. The number of nitrogens with one attached hydrogen (secondary N) is 1. The Hall–Kier alpha value is -2.04. The number of ether oxygens (including phenoxy) is 3. The van der Waals surface area contributed by atoms with Crippen molar-refractivity contribution in [2.75, 3.05) is 33.4 Å². The lowest BCUT2D eigenvalue weighted by Gasteiger charge is -2.09. The second-order valence-electron chi connectivity index (χ2n) is 4.81. The minimum atomic E-state index is 0.550. The quantitative estimate of drug-likeness (QED) is 0.685. The standard InChI is InChI=1S/C18H23NO3/c1-19-11-12-20-13-14-21-17-7-9-18(10-8-17)22-15-16-5-3-2-4-6-16/h2-10,19H,11-15H2,1H3. The molecule has 0 heterocycles. The van der Waals surface area contributed by atoms with Crippen molar-refractivity contribution in [2.45, 2.75) is 6.61 Å². The molecule has 0 aliphatic heterocycles. The van der Waals surface area contributed by atoms with Crippen molar-refractivity contribution in [2.24, 2.45) is 0 Å². The van der Waals surface area contributed by atoms with Gasteiger partial charge in [-0.1, -0.05) is 30.3 Å². The van der Waals surface area contributed by atoms with Crippen LogP contribution in [-0.2, 0) is 11.3 Å². The van der Waals surface area contributed by atoms with Gasteiger partial charge in [0.05, 0.1) is 13.2 Å². The van der Waals surface area contributed by atoms with E-state index in [4.69, 9.17) is 14.2 Å². The Morgan fingerprint density at radius 2 is 1.45 bits per heavy atom. The van der Waals surface area contributed by atoms with Crippen molar-refractivity contribution in [1.29, 1.82) is 0 Å². The first kappa shape index (κ1) is 16.3. The molecule has 1 N–H and O–H groups in total. The van der Waals surface area contributed by atoms with Crippen molar-refractivity contribution < 1.29 is 14.2 Å². The summed E-state index contributed by atoms with van der Waals surface area (Å²) >= 11 is 0. The van der Waals surface area contributed by atoms with Crippen LogP contribution in [0.25, 0.3) is 0 Å². The lowest BCUT2D eigenvalue weighted by molar-refractivity contribution is 0.103. The van der Waals surface area contributed by atoms with Crippen LogP contribution in [0.2, 0.25) is 0 Å². The van der Waals surface area contributed by atoms with E-state index in [0.29, 0.717) is 26.4 Å². The molecule has 4 nitrogen and oxygen atoms in total. The van der Waals surface area contributed by atoms with Gasteiger partial charge < -0.3 is 19.5 Å². The maximum atomic E-state index is 5.73. The highest BCUT2D eigenvalue weighted by molar-refractivity contribution is 5.31. The van der Waals surface area contributed by atoms with Crippen molar-refractivity contribution in [1.82, 2.24) is 5.32 Å². The van der Waals surface area contributed by atoms with E-state index >= 15 is 0 Å². The Balaban J connectivity index is 1.67. The van der Waals surface area contributed by atoms with E-state index < -0.39 is 0 Å². The van der Waals surface area contributed by atoms with E-state index in [9.17, 15) is 0 Å². The molecule has 0 spiro atoms. The van der Waals surface area contributed by atoms with E-state index in [-0.39, 0.29) is 0 Å². The van der Waals surface area contributed by atoms with Gasteiger partial charge in [-0.2, -0.15) is 0 Å². The molecule has 0 bridgehead atoms. The van der Waals surface area contributed by atoms with E-state index in [1.54, 1.807) is 0 Å². The minimum absolute atomic E-state index is 0.550. The zero-order valence-electron chi connectivity index (χ0n) is 13.0. The molecule has 4 heteroatoms. The molecule has 0 radical (unpaired) electrons. The SMILES string of the molecule is CNCCOCCOc1ccc(OCc2ccccc2)cc1. The Bertz CT molecular complexity index is 514. The van der Waals surface area contributed by atoms with E-state index in [2.05, 4.69) is 5.32 Å². The van der Waals surface area contributed by atoms with E-state index in [1.807, 2.05) is 61.6 Å². The van der Waals surface area contributed by atoms with Crippen LogP contribution in [0.4, 0.5) is 0 Å². The van der Waals surface area contributed by atoms with Crippen LogP contribution in [0.15, 0.2) is 54.6 Å². The number of rotatable bonds is 10. The summed E-state index contributed by atoms with van der Waals surface area (Å²) in [6.45, 7) is 3.27. The lowest BCUT2D eigenvalue weighted by Crippen LogP contribution is -2.16. The summed E-state index contributed by atoms with van der Waals surface area (Å²) in [6.07, 6.45) is 0. The summed E-state index contributed by atoms with van der Waals surface area (Å²) in [5.41, 5.74) is 1.15. The molecule has 118 valence electrons. The smallest absolute Gasteiger partial charge is 0.120 e. The third-order valence-electron chi connectivity index (χ3n) is 3.06. The van der Waals surface area contributed by atoms with Crippen LogP contribution >= 0.6 is 0 Å². The summed E-state index contributed by atoms with van der Waals surface area (Å²) in [6, 6.07) is 17.8. The monoisotopic (exact) mass is 301 g/mol. The van der Waals surface area contributed by atoms with Crippen LogP contribution in [-0.4, -0.2) is 33.4 Å². The molecular weight excluding hydrogens is 278 g/mol. The Morgan fingerprint density at radius 1 is 0.773 bits per heavy atom. The molecule has 2 aromatic carbocycles. The predicted octanol–water partition coefficient (Wildman–Crippen LogP) is 2.88. The average Bonchev–Trinajstić information content (AvgIpc) is 2.58. The summed E-state index contributed by atoms with van der Waals surface area (Å²) in [7, 11) is 1.90. The molecule has 0 amide bonds. The fraction of sp³-hybridized carbons (Fsp3) is 0.333. The van der Waals surface area contributed by atoms with Gasteiger partial charge in [0.2, 0.25) is 0 Å². The van der Waals surface area contributed by atoms with Crippen LogP contribution in [0, 0.1) is 0 Å². The zero-order chi connectivity index (χ0) is 15.5. The second-order valence-corrected chi connectivity index (χ2v) is 4.81. The van der Waals surface area contributed by atoms with Gasteiger partial charge in [-0.25, -0.2) is 0 Å². The Kier molecular flexibility index (Phi) is 7.29. The molecule has 22 heavy (non-hydrogen) atoms. The zero-order valence-corrected chi connectivity index (χ0v) is 13.0. The van der Waals surface area contributed by atoms with Gasteiger partial charge in [-0.15, -0.1) is 0 Å². The number of likely N-dealkylation sites (N-methyl/N-ethyl adjacent to an activating group) is 1. The summed E-state index contributed by atoms with van der Waals surface area (Å²) in [4.78, 5) is 0. The molecule has 0 aromatic heterocycles. The van der Waals surface area contributed by atoms with Crippen molar-refractivity contribution in [3.63, 3.8) is 0 Å². The normalized spacial score (nSPS) is 10.4. The van der Waals surface area contributed by atoms with Gasteiger partial charge >= 0.3 is 0 Å². The Labute approximate surface area is 132 Å². The van der Waals surface area contributed by atoms with Crippen molar-refractivity contribution in [3.8, 4) is 11.5 Å². The van der Waals surface area contributed by atoms with Gasteiger partial charge in [0.1, 0.15) is 24.7 Å². The highest BCUT2D eigenvalue weighted by atomic mass is 16.5. The molecule has 0 saturated heterocycles. The second kappa shape index (κ2) is 9.82. The largest absolute Gasteiger partial charge is 0.491 e. The van der Waals surface area contributed by atoms with Crippen molar-refractivity contribution >= 4 is 0 Å². The summed E-state index contributed by atoms with van der Waals surface area (Å²) in [5, 5.41) is 3.03. The molecule has 0 atom stereocenters. The predicted molar refractivity (Wildman–Crippen MR) is 87.5 cm³/mol. The molecule has 0 fully saturated rings.